The molecule has 1 heterocycles. The molecule has 0 aliphatic heterocycles. The van der Waals surface area contributed by atoms with E-state index >= 15 is 0 Å². The molecule has 0 saturated heterocycles. The molecule has 0 radical (unpaired) electrons. The predicted molar refractivity (Wildman–Crippen MR) is 120 cm³/mol. The van der Waals surface area contributed by atoms with Gasteiger partial charge in [0, 0.05) is 30.5 Å². The summed E-state index contributed by atoms with van der Waals surface area (Å²) in [6.45, 7) is 0. The van der Waals surface area contributed by atoms with E-state index in [0.29, 0.717) is 35.8 Å². The van der Waals surface area contributed by atoms with E-state index in [1.54, 1.807) is 20.4 Å². The summed E-state index contributed by atoms with van der Waals surface area (Å²) in [5, 5.41) is 0.822. The van der Waals surface area contributed by atoms with Crippen molar-refractivity contribution in [2.24, 2.45) is 0 Å². The molecular weight excluding hydrogens is 390 g/mol. The van der Waals surface area contributed by atoms with Crippen molar-refractivity contribution in [3.63, 3.8) is 0 Å². The molecule has 0 atom stereocenters. The van der Waals surface area contributed by atoms with Crippen molar-refractivity contribution < 1.29 is 19.0 Å². The third-order valence-corrected chi connectivity index (χ3v) is 5.00. The number of ether oxygens (including phenoxy) is 3. The van der Waals surface area contributed by atoms with E-state index in [-0.39, 0.29) is 5.78 Å². The van der Waals surface area contributed by atoms with Gasteiger partial charge in [0.1, 0.15) is 17.3 Å². The Morgan fingerprint density at radius 3 is 2.10 bits per heavy atom. The van der Waals surface area contributed by atoms with E-state index in [1.165, 1.54) is 0 Å². The van der Waals surface area contributed by atoms with E-state index in [2.05, 4.69) is 4.98 Å². The SMILES string of the molecule is COc1cc2nccc(Oc3ccc(CC(=O)Cc4ccccc4)cc3)c2cc1OC. The summed E-state index contributed by atoms with van der Waals surface area (Å²) in [4.78, 5) is 16.8. The van der Waals surface area contributed by atoms with Gasteiger partial charge in [-0.15, -0.1) is 0 Å². The van der Waals surface area contributed by atoms with Crippen LogP contribution in [0.25, 0.3) is 10.9 Å². The van der Waals surface area contributed by atoms with E-state index in [0.717, 1.165) is 22.0 Å². The van der Waals surface area contributed by atoms with Crippen LogP contribution in [0.3, 0.4) is 0 Å². The normalized spacial score (nSPS) is 10.6. The van der Waals surface area contributed by atoms with E-state index in [1.807, 2.05) is 72.8 Å². The molecular formula is C26H23NO4. The number of nitrogens with zero attached hydrogens (tertiary/aromatic N) is 1. The van der Waals surface area contributed by atoms with Crippen LogP contribution >= 0.6 is 0 Å². The fourth-order valence-electron chi connectivity index (χ4n) is 3.45. The highest BCUT2D eigenvalue weighted by Crippen LogP contribution is 2.36. The molecule has 0 fully saturated rings. The summed E-state index contributed by atoms with van der Waals surface area (Å²) >= 11 is 0. The summed E-state index contributed by atoms with van der Waals surface area (Å²) in [6.07, 6.45) is 2.53. The number of methoxy groups -OCH3 is 2. The smallest absolute Gasteiger partial charge is 0.162 e. The first-order valence-corrected chi connectivity index (χ1v) is 9.99. The number of hydrogen-bond acceptors (Lipinski definition) is 5. The second-order valence-electron chi connectivity index (χ2n) is 7.16. The average Bonchev–Trinajstić information content (AvgIpc) is 2.80. The van der Waals surface area contributed by atoms with Crippen LogP contribution in [0, 0.1) is 0 Å². The van der Waals surface area contributed by atoms with Crippen molar-refractivity contribution >= 4 is 16.7 Å². The van der Waals surface area contributed by atoms with Crippen LogP contribution in [-0.4, -0.2) is 25.0 Å². The first-order valence-electron chi connectivity index (χ1n) is 9.99. The van der Waals surface area contributed by atoms with Gasteiger partial charge in [-0.05, 0) is 35.4 Å². The predicted octanol–water partition coefficient (Wildman–Crippen LogP) is 5.40. The molecule has 0 spiro atoms. The third-order valence-electron chi connectivity index (χ3n) is 5.00. The van der Waals surface area contributed by atoms with Crippen molar-refractivity contribution in [1.29, 1.82) is 0 Å². The molecule has 0 unspecified atom stereocenters. The van der Waals surface area contributed by atoms with Crippen molar-refractivity contribution in [1.82, 2.24) is 4.98 Å². The average molecular weight is 413 g/mol. The maximum Gasteiger partial charge on any atom is 0.162 e. The van der Waals surface area contributed by atoms with Gasteiger partial charge in [-0.1, -0.05) is 42.5 Å². The van der Waals surface area contributed by atoms with Gasteiger partial charge in [-0.3, -0.25) is 9.78 Å². The zero-order chi connectivity index (χ0) is 21.6. The third kappa shape index (κ3) is 4.83. The minimum absolute atomic E-state index is 0.182. The second kappa shape index (κ2) is 9.30. The van der Waals surface area contributed by atoms with Gasteiger partial charge in [-0.2, -0.15) is 0 Å². The Hall–Kier alpha value is -3.86. The Morgan fingerprint density at radius 1 is 0.774 bits per heavy atom. The van der Waals surface area contributed by atoms with E-state index in [9.17, 15) is 4.79 Å². The van der Waals surface area contributed by atoms with Crippen LogP contribution in [0.15, 0.2) is 79.0 Å². The number of aromatic nitrogens is 1. The molecule has 0 saturated carbocycles. The van der Waals surface area contributed by atoms with Crippen molar-refractivity contribution in [3.8, 4) is 23.0 Å². The molecule has 31 heavy (non-hydrogen) atoms. The largest absolute Gasteiger partial charge is 0.493 e. The lowest BCUT2D eigenvalue weighted by Gasteiger charge is -2.12. The molecule has 156 valence electrons. The number of hydrogen-bond donors (Lipinski definition) is 0. The number of fused-ring (bicyclic) bond motifs is 1. The molecule has 3 aromatic carbocycles. The minimum Gasteiger partial charge on any atom is -0.493 e. The fraction of sp³-hybridized carbons (Fsp3) is 0.154. The topological polar surface area (TPSA) is 57.7 Å². The molecule has 0 N–H and O–H groups in total. The molecule has 0 aliphatic rings. The highest BCUT2D eigenvalue weighted by atomic mass is 16.5. The van der Waals surface area contributed by atoms with Crippen LogP contribution in [0.2, 0.25) is 0 Å². The van der Waals surface area contributed by atoms with Gasteiger partial charge < -0.3 is 14.2 Å². The molecule has 4 aromatic rings. The zero-order valence-electron chi connectivity index (χ0n) is 17.5. The number of benzene rings is 3. The molecule has 0 bridgehead atoms. The molecule has 5 heteroatoms. The van der Waals surface area contributed by atoms with Crippen LogP contribution in [0.1, 0.15) is 11.1 Å². The Bertz CT molecular complexity index is 1190. The first-order chi connectivity index (χ1) is 15.2. The highest BCUT2D eigenvalue weighted by molar-refractivity contribution is 5.88. The standard InChI is InChI=1S/C26H23NO4/c1-29-25-16-22-23(17-26(25)30-2)27-13-12-24(22)31-21-10-8-19(9-11-21)15-20(28)14-18-6-4-3-5-7-18/h3-13,16-17H,14-15H2,1-2H3. The molecule has 1 aromatic heterocycles. The molecule has 4 rings (SSSR count). The summed E-state index contributed by atoms with van der Waals surface area (Å²) in [5.41, 5.74) is 2.74. The van der Waals surface area contributed by atoms with Crippen LogP contribution in [-0.2, 0) is 17.6 Å². The number of Topliss-reactive ketones (excluding diaryl/α,β-unsaturated/α-hetero) is 1. The van der Waals surface area contributed by atoms with E-state index < -0.39 is 0 Å². The van der Waals surface area contributed by atoms with Crippen LogP contribution in [0.4, 0.5) is 0 Å². The Morgan fingerprint density at radius 2 is 1.42 bits per heavy atom. The van der Waals surface area contributed by atoms with Crippen LogP contribution in [0.5, 0.6) is 23.0 Å². The van der Waals surface area contributed by atoms with Gasteiger partial charge in [0.2, 0.25) is 0 Å². The van der Waals surface area contributed by atoms with Crippen molar-refractivity contribution in [2.75, 3.05) is 14.2 Å². The number of ketones is 1. The Labute approximate surface area is 181 Å². The number of rotatable bonds is 8. The van der Waals surface area contributed by atoms with Gasteiger partial charge in [0.15, 0.2) is 11.5 Å². The van der Waals surface area contributed by atoms with Gasteiger partial charge in [0.25, 0.3) is 0 Å². The quantitative estimate of drug-likeness (QED) is 0.387. The Balaban J connectivity index is 1.49. The zero-order valence-corrected chi connectivity index (χ0v) is 17.5. The lowest BCUT2D eigenvalue weighted by Crippen LogP contribution is -2.06. The minimum atomic E-state index is 0.182. The summed E-state index contributed by atoms with van der Waals surface area (Å²) in [6, 6.07) is 22.9. The molecule has 0 aliphatic carbocycles. The fourth-order valence-corrected chi connectivity index (χ4v) is 3.45. The maximum atomic E-state index is 12.4. The summed E-state index contributed by atoms with van der Waals surface area (Å²) in [5.74, 6) is 2.76. The molecule has 5 nitrogen and oxygen atoms in total. The number of carbonyl (C=O) groups is 1. The highest BCUT2D eigenvalue weighted by Gasteiger charge is 2.12. The van der Waals surface area contributed by atoms with Crippen molar-refractivity contribution in [3.05, 3.63) is 90.1 Å². The van der Waals surface area contributed by atoms with Gasteiger partial charge in [-0.25, -0.2) is 0 Å². The lowest BCUT2D eigenvalue weighted by molar-refractivity contribution is -0.117. The lowest BCUT2D eigenvalue weighted by atomic mass is 10.0. The summed E-state index contributed by atoms with van der Waals surface area (Å²) < 4.78 is 16.9. The van der Waals surface area contributed by atoms with Gasteiger partial charge >= 0.3 is 0 Å². The van der Waals surface area contributed by atoms with Crippen molar-refractivity contribution in [2.45, 2.75) is 12.8 Å². The van der Waals surface area contributed by atoms with Crippen LogP contribution < -0.4 is 14.2 Å². The second-order valence-corrected chi connectivity index (χ2v) is 7.16. The Kier molecular flexibility index (Phi) is 6.13. The maximum absolute atomic E-state index is 12.4. The number of carbonyl (C=O) groups excluding carboxylic acids is 1. The van der Waals surface area contributed by atoms with Gasteiger partial charge in [0.05, 0.1) is 19.7 Å². The number of pyridine rings is 1. The first kappa shape index (κ1) is 20.4. The molecule has 0 amide bonds. The summed E-state index contributed by atoms with van der Waals surface area (Å²) in [7, 11) is 3.19. The van der Waals surface area contributed by atoms with E-state index in [4.69, 9.17) is 14.2 Å². The monoisotopic (exact) mass is 413 g/mol.